The lowest BCUT2D eigenvalue weighted by molar-refractivity contribution is -0.117. The van der Waals surface area contributed by atoms with Gasteiger partial charge in [0.05, 0.1) is 12.1 Å². The molecule has 2 aliphatic rings. The van der Waals surface area contributed by atoms with Gasteiger partial charge in [-0.05, 0) is 54.4 Å². The monoisotopic (exact) mass is 330 g/mol. The van der Waals surface area contributed by atoms with Crippen molar-refractivity contribution in [1.82, 2.24) is 4.90 Å². The fourth-order valence-electron chi connectivity index (χ4n) is 4.84. The molecule has 2 atom stereocenters. The van der Waals surface area contributed by atoms with Crippen molar-refractivity contribution in [2.45, 2.75) is 46.1 Å². The lowest BCUT2D eigenvalue weighted by Gasteiger charge is -2.39. The van der Waals surface area contributed by atoms with E-state index >= 15 is 0 Å². The summed E-state index contributed by atoms with van der Waals surface area (Å²) in [5.41, 5.74) is 1.51. The van der Waals surface area contributed by atoms with Crippen LogP contribution in [0.4, 0.5) is 5.69 Å². The van der Waals surface area contributed by atoms with Crippen molar-refractivity contribution in [3.63, 3.8) is 0 Å². The van der Waals surface area contributed by atoms with Crippen LogP contribution in [0, 0.1) is 10.8 Å². The van der Waals surface area contributed by atoms with Crippen molar-refractivity contribution in [2.75, 3.05) is 18.4 Å². The smallest absolute Gasteiger partial charge is 0.335 e. The van der Waals surface area contributed by atoms with Gasteiger partial charge < -0.3 is 10.4 Å². The summed E-state index contributed by atoms with van der Waals surface area (Å²) >= 11 is 0. The van der Waals surface area contributed by atoms with Crippen LogP contribution in [0.3, 0.4) is 0 Å². The minimum atomic E-state index is -0.965. The van der Waals surface area contributed by atoms with Crippen molar-refractivity contribution < 1.29 is 14.7 Å². The maximum Gasteiger partial charge on any atom is 0.335 e. The second-order valence-electron chi connectivity index (χ2n) is 8.55. The molecule has 1 heterocycles. The van der Waals surface area contributed by atoms with Crippen molar-refractivity contribution in [2.24, 2.45) is 10.8 Å². The Morgan fingerprint density at radius 2 is 1.88 bits per heavy atom. The second kappa shape index (κ2) is 5.88. The number of carboxylic acid groups (broad SMARTS) is 1. The standard InChI is InChI=1S/C19H26N2O3/c1-18(2)8-15-9-19(3,11-18)12-21(15)10-16(22)20-14-6-4-13(5-7-14)17(23)24/h4-7,15H,8-12H2,1-3H3,(H,20,22)(H,23,24). The average molecular weight is 330 g/mol. The summed E-state index contributed by atoms with van der Waals surface area (Å²) in [6.07, 6.45) is 3.53. The first-order chi connectivity index (χ1) is 11.2. The molecular formula is C19H26N2O3. The largest absolute Gasteiger partial charge is 0.478 e. The Balaban J connectivity index is 1.60. The molecule has 0 aromatic heterocycles. The van der Waals surface area contributed by atoms with Gasteiger partial charge in [-0.2, -0.15) is 0 Å². The van der Waals surface area contributed by atoms with E-state index in [4.69, 9.17) is 5.11 Å². The second-order valence-corrected chi connectivity index (χ2v) is 8.55. The number of carbonyl (C=O) groups is 2. The first kappa shape index (κ1) is 17.0. The Morgan fingerprint density at radius 1 is 1.21 bits per heavy atom. The summed E-state index contributed by atoms with van der Waals surface area (Å²) in [7, 11) is 0. The van der Waals surface area contributed by atoms with E-state index in [1.807, 2.05) is 0 Å². The van der Waals surface area contributed by atoms with E-state index in [9.17, 15) is 9.59 Å². The quantitative estimate of drug-likeness (QED) is 0.889. The van der Waals surface area contributed by atoms with Crippen LogP contribution in [0.2, 0.25) is 0 Å². The molecule has 2 fully saturated rings. The van der Waals surface area contributed by atoms with Gasteiger partial charge in [-0.15, -0.1) is 0 Å². The van der Waals surface area contributed by atoms with E-state index in [-0.39, 0.29) is 11.5 Å². The van der Waals surface area contributed by atoms with Crippen LogP contribution in [0.25, 0.3) is 0 Å². The number of anilines is 1. The Hall–Kier alpha value is -1.88. The third-order valence-corrected chi connectivity index (χ3v) is 5.29. The molecule has 5 heteroatoms. The number of likely N-dealkylation sites (tertiary alicyclic amines) is 1. The number of rotatable bonds is 4. The fourth-order valence-corrected chi connectivity index (χ4v) is 4.84. The van der Waals surface area contributed by atoms with Crippen LogP contribution in [-0.2, 0) is 4.79 Å². The van der Waals surface area contributed by atoms with E-state index in [1.54, 1.807) is 12.1 Å². The van der Waals surface area contributed by atoms with Crippen LogP contribution in [0.15, 0.2) is 24.3 Å². The number of hydrogen-bond donors (Lipinski definition) is 2. The first-order valence-corrected chi connectivity index (χ1v) is 8.53. The summed E-state index contributed by atoms with van der Waals surface area (Å²) in [4.78, 5) is 25.5. The summed E-state index contributed by atoms with van der Waals surface area (Å²) in [5, 5.41) is 11.8. The number of amides is 1. The summed E-state index contributed by atoms with van der Waals surface area (Å²) in [6, 6.07) is 6.76. The molecule has 1 aliphatic heterocycles. The number of hydrogen-bond acceptors (Lipinski definition) is 3. The van der Waals surface area contributed by atoms with Crippen LogP contribution >= 0.6 is 0 Å². The predicted molar refractivity (Wildman–Crippen MR) is 93.1 cm³/mol. The maximum absolute atomic E-state index is 12.4. The number of aromatic carboxylic acids is 1. The summed E-state index contributed by atoms with van der Waals surface area (Å²) in [5.74, 6) is -1.000. The maximum atomic E-state index is 12.4. The molecular weight excluding hydrogens is 304 g/mol. The molecule has 1 aromatic rings. The predicted octanol–water partition coefficient (Wildman–Crippen LogP) is 3.22. The van der Waals surface area contributed by atoms with Gasteiger partial charge in [0.25, 0.3) is 0 Å². The molecule has 2 unspecified atom stereocenters. The van der Waals surface area contributed by atoms with Gasteiger partial charge >= 0.3 is 5.97 Å². The third kappa shape index (κ3) is 3.61. The molecule has 1 saturated heterocycles. The molecule has 2 bridgehead atoms. The average Bonchev–Trinajstić information content (AvgIpc) is 2.67. The van der Waals surface area contributed by atoms with E-state index in [0.29, 0.717) is 29.1 Å². The lowest BCUT2D eigenvalue weighted by Crippen LogP contribution is -2.38. The van der Waals surface area contributed by atoms with E-state index in [2.05, 4.69) is 31.0 Å². The van der Waals surface area contributed by atoms with Crippen LogP contribution < -0.4 is 5.32 Å². The summed E-state index contributed by atoms with van der Waals surface area (Å²) < 4.78 is 0. The van der Waals surface area contributed by atoms with E-state index in [0.717, 1.165) is 13.0 Å². The number of carbonyl (C=O) groups excluding carboxylic acids is 1. The van der Waals surface area contributed by atoms with Crippen molar-refractivity contribution in [1.29, 1.82) is 0 Å². The lowest BCUT2D eigenvalue weighted by atomic mass is 9.65. The minimum Gasteiger partial charge on any atom is -0.478 e. The van der Waals surface area contributed by atoms with Gasteiger partial charge in [0.15, 0.2) is 0 Å². The van der Waals surface area contributed by atoms with Gasteiger partial charge in [0.2, 0.25) is 5.91 Å². The Kier molecular flexibility index (Phi) is 4.16. The van der Waals surface area contributed by atoms with Gasteiger partial charge in [-0.25, -0.2) is 4.79 Å². The van der Waals surface area contributed by atoms with Crippen molar-refractivity contribution >= 4 is 17.6 Å². The van der Waals surface area contributed by atoms with Crippen molar-refractivity contribution in [3.8, 4) is 0 Å². The van der Waals surface area contributed by atoms with Gasteiger partial charge in [0.1, 0.15) is 0 Å². The zero-order chi connectivity index (χ0) is 17.5. The Labute approximate surface area is 143 Å². The normalized spacial score (nSPS) is 28.5. The molecule has 3 rings (SSSR count). The number of nitrogens with one attached hydrogen (secondary N) is 1. The number of nitrogens with zero attached hydrogens (tertiary/aromatic N) is 1. The highest BCUT2D eigenvalue weighted by atomic mass is 16.4. The highest BCUT2D eigenvalue weighted by Crippen LogP contribution is 2.52. The molecule has 0 radical (unpaired) electrons. The number of fused-ring (bicyclic) bond motifs is 2. The van der Waals surface area contributed by atoms with Crippen LogP contribution in [0.1, 0.15) is 50.4 Å². The zero-order valence-corrected chi connectivity index (χ0v) is 14.6. The molecule has 1 saturated carbocycles. The molecule has 2 N–H and O–H groups in total. The van der Waals surface area contributed by atoms with Crippen molar-refractivity contribution in [3.05, 3.63) is 29.8 Å². The molecule has 24 heavy (non-hydrogen) atoms. The zero-order valence-electron chi connectivity index (χ0n) is 14.6. The number of carboxylic acids is 1. The van der Waals surface area contributed by atoms with Gasteiger partial charge in [0, 0.05) is 18.3 Å². The molecule has 0 spiro atoms. The molecule has 1 amide bonds. The highest BCUT2D eigenvalue weighted by molar-refractivity contribution is 5.93. The summed E-state index contributed by atoms with van der Waals surface area (Å²) in [6.45, 7) is 8.36. The SMILES string of the molecule is CC1(C)CC2CC(C)(CN2CC(=O)Nc2ccc(C(=O)O)cc2)C1. The number of benzene rings is 1. The van der Waals surface area contributed by atoms with E-state index < -0.39 is 5.97 Å². The Morgan fingerprint density at radius 3 is 2.50 bits per heavy atom. The highest BCUT2D eigenvalue weighted by Gasteiger charge is 2.49. The van der Waals surface area contributed by atoms with Gasteiger partial charge in [-0.1, -0.05) is 20.8 Å². The Bertz CT molecular complexity index is 653. The first-order valence-electron chi connectivity index (χ1n) is 8.53. The van der Waals surface area contributed by atoms with E-state index in [1.165, 1.54) is 25.0 Å². The molecule has 130 valence electrons. The third-order valence-electron chi connectivity index (χ3n) is 5.29. The van der Waals surface area contributed by atoms with Crippen LogP contribution in [0.5, 0.6) is 0 Å². The molecule has 1 aliphatic carbocycles. The van der Waals surface area contributed by atoms with Gasteiger partial charge in [-0.3, -0.25) is 9.69 Å². The van der Waals surface area contributed by atoms with Crippen LogP contribution in [-0.4, -0.2) is 41.0 Å². The molecule has 5 nitrogen and oxygen atoms in total. The fraction of sp³-hybridized carbons (Fsp3) is 0.579. The minimum absolute atomic E-state index is 0.0352. The molecule has 1 aromatic carbocycles. The topological polar surface area (TPSA) is 69.6 Å².